The molecule has 5 heteroatoms. The van der Waals surface area contributed by atoms with Crippen molar-refractivity contribution < 1.29 is 5.48 Å². The Morgan fingerprint density at radius 1 is 0.243 bits per heavy atom. The van der Waals surface area contributed by atoms with E-state index in [1.165, 1.54) is 27.8 Å². The minimum Gasteiger partial charge on any atom is -0.311 e. The molecule has 115 heavy (non-hydrogen) atoms. The van der Waals surface area contributed by atoms with E-state index < -0.39 is 6.71 Å². The van der Waals surface area contributed by atoms with Crippen molar-refractivity contribution >= 4 is 101 Å². The van der Waals surface area contributed by atoms with Crippen molar-refractivity contribution in [3.05, 3.63) is 355 Å². The summed E-state index contributed by atoms with van der Waals surface area (Å²) >= 11 is 0. The number of rotatable bonds is 10. The highest BCUT2D eigenvalue weighted by atomic mass is 15.2. The normalized spacial score (nSPS) is 13.6. The summed E-state index contributed by atoms with van der Waals surface area (Å²) in [6, 6.07) is 112. The molecule has 0 spiro atoms. The third kappa shape index (κ3) is 12.7. The molecule has 2 aliphatic heterocycles. The van der Waals surface area contributed by atoms with Crippen LogP contribution in [0.5, 0.6) is 0 Å². The van der Waals surface area contributed by atoms with Crippen molar-refractivity contribution in [3.8, 4) is 78.1 Å². The number of hydrogen-bond acceptors (Lipinski definition) is 2. The summed E-state index contributed by atoms with van der Waals surface area (Å²) in [6.45, 7) is 34.4. The van der Waals surface area contributed by atoms with Gasteiger partial charge >= 0.3 is 0 Å². The van der Waals surface area contributed by atoms with Gasteiger partial charge in [-0.05, 0) is 218 Å². The molecule has 0 aliphatic carbocycles. The Balaban J connectivity index is 1.02. The fourth-order valence-corrected chi connectivity index (χ4v) is 17.9. The lowest BCUT2D eigenvalue weighted by Gasteiger charge is -2.45. The Labute approximate surface area is 685 Å². The van der Waals surface area contributed by atoms with Crippen LogP contribution in [0.25, 0.3) is 122 Å². The van der Waals surface area contributed by atoms with E-state index in [1.54, 1.807) is 0 Å². The molecule has 2 aliphatic rings. The van der Waals surface area contributed by atoms with Gasteiger partial charge < -0.3 is 18.9 Å². The fourth-order valence-electron chi connectivity index (χ4n) is 17.9. The van der Waals surface area contributed by atoms with Gasteiger partial charge in [-0.2, -0.15) is 0 Å². The Kier molecular flexibility index (Phi) is 16.1. The molecule has 2 aromatic heterocycles. The van der Waals surface area contributed by atoms with Crippen LogP contribution in [0, 0.1) is 0 Å². The van der Waals surface area contributed by atoms with Crippen LogP contribution in [0.1, 0.15) is 137 Å². The third-order valence-electron chi connectivity index (χ3n) is 24.3. The zero-order valence-corrected chi connectivity index (χ0v) is 68.7. The van der Waals surface area contributed by atoms with Crippen LogP contribution in [-0.4, -0.2) is 15.8 Å². The van der Waals surface area contributed by atoms with Gasteiger partial charge in [0.2, 0.25) is 0 Å². The molecule has 0 saturated carbocycles. The maximum Gasteiger partial charge on any atom is 0.252 e. The Bertz CT molecular complexity index is 6740. The molecule has 0 bridgehead atoms. The van der Waals surface area contributed by atoms with E-state index in [0.717, 1.165) is 156 Å². The van der Waals surface area contributed by atoms with Crippen LogP contribution in [0.2, 0.25) is 0 Å². The molecule has 15 aromatic carbocycles. The van der Waals surface area contributed by atoms with Crippen molar-refractivity contribution in [1.82, 2.24) is 9.13 Å². The molecule has 0 fully saturated rings. The van der Waals surface area contributed by atoms with Crippen LogP contribution in [0.15, 0.2) is 327 Å². The molecule has 19 rings (SSSR count). The minimum atomic E-state index is -0.393. The molecule has 17 aromatic rings. The lowest BCUT2D eigenvalue weighted by molar-refractivity contribution is 0.568. The zero-order valence-electron chi connectivity index (χ0n) is 72.7. The highest BCUT2D eigenvalue weighted by molar-refractivity contribution is 7.00. The standard InChI is InChI=1S/C110H99BN4/c1-106(2,3)80-55-78(56-81(63-80)107(4,5)6)74-48-51-94-100(61-74)114(86-59-76(70-34-20-16-21-35-70)54-77(60-86)71-36-22-17-23-37-71)102-68-87(113-98-47-33-30-44-90(98)93-67-85(50-53-99(93)113)112-96-45-31-28-42-88(96)89-43-29-32-46-97(89)112)69-103-104(102)111(94)95-52-49-75(79-57-82(108(7,8)9)64-83(58-79)109(10,11)12)62-101(95)115(103)105-91(72-38-24-18-25-39-72)65-84(110(13,14)15)66-92(105)73-40-26-19-27-41-73/h16-69H,1-15H3/i30D,33D,44D,47D. The molecule has 0 N–H and O–H groups in total. The van der Waals surface area contributed by atoms with E-state index in [9.17, 15) is 5.48 Å². The van der Waals surface area contributed by atoms with Crippen LogP contribution in [-0.2, 0) is 27.1 Å². The molecular weight excluding hydrogens is 1390 g/mol. The van der Waals surface area contributed by atoms with E-state index in [-0.39, 0.29) is 51.2 Å². The van der Waals surface area contributed by atoms with Gasteiger partial charge in [0.15, 0.2) is 0 Å². The SMILES string of the molecule is [2H]c1c([2H])c([2H])c2c(c1[2H])c1cc(-n3c4ccccc4c4ccccc43)ccc1n2-c1cc2c3c(c1)N(c1c(-c4ccccc4)cc(C(C)(C)C)cc1-c1ccccc1)c1cc(-c4cc(C(C)(C)C)cc(C(C)(C)C)c4)ccc1B3c1ccc(-c3cc(C(C)(C)C)cc(C(C)(C)C)c3)cc1N2c1cc(-c2ccccc2)cc(-c2ccccc2)c1. The van der Waals surface area contributed by atoms with Gasteiger partial charge in [-0.15, -0.1) is 0 Å². The number of aromatic nitrogens is 2. The Morgan fingerprint density at radius 3 is 1.09 bits per heavy atom. The van der Waals surface area contributed by atoms with E-state index in [0.29, 0.717) is 16.3 Å². The van der Waals surface area contributed by atoms with Crippen LogP contribution in [0.4, 0.5) is 34.1 Å². The summed E-state index contributed by atoms with van der Waals surface area (Å²) in [5.74, 6) is 0. The molecule has 0 radical (unpaired) electrons. The van der Waals surface area contributed by atoms with E-state index >= 15 is 0 Å². The zero-order chi connectivity index (χ0) is 82.8. The molecule has 4 heterocycles. The fraction of sp³-hybridized carbons (Fsp3) is 0.182. The highest BCUT2D eigenvalue weighted by Crippen LogP contribution is 2.55. The van der Waals surface area contributed by atoms with Gasteiger partial charge in [-0.1, -0.05) is 340 Å². The number of hydrogen-bond donors (Lipinski definition) is 0. The van der Waals surface area contributed by atoms with Crippen LogP contribution in [0.3, 0.4) is 0 Å². The van der Waals surface area contributed by atoms with Crippen molar-refractivity contribution in [2.24, 2.45) is 0 Å². The number of para-hydroxylation sites is 3. The number of fused-ring (bicyclic) bond motifs is 10. The lowest BCUT2D eigenvalue weighted by Crippen LogP contribution is -2.61. The predicted molar refractivity (Wildman–Crippen MR) is 495 cm³/mol. The first-order valence-corrected chi connectivity index (χ1v) is 40.8. The van der Waals surface area contributed by atoms with Crippen molar-refractivity contribution in [2.45, 2.75) is 131 Å². The number of nitrogens with zero attached hydrogens (tertiary/aromatic N) is 4. The average Bonchev–Trinajstić information content (AvgIpc) is 1.54. The molecule has 0 unspecified atom stereocenters. The predicted octanol–water partition coefficient (Wildman–Crippen LogP) is 28.5. The van der Waals surface area contributed by atoms with Gasteiger partial charge in [0, 0.05) is 66.8 Å². The summed E-state index contributed by atoms with van der Waals surface area (Å²) in [5.41, 5.74) is 32.3. The first-order valence-electron chi connectivity index (χ1n) is 42.8. The summed E-state index contributed by atoms with van der Waals surface area (Å²) in [6.07, 6.45) is 0. The Morgan fingerprint density at radius 2 is 0.626 bits per heavy atom. The third-order valence-corrected chi connectivity index (χ3v) is 24.3. The maximum absolute atomic E-state index is 10.5. The van der Waals surface area contributed by atoms with Crippen molar-refractivity contribution in [2.75, 3.05) is 9.80 Å². The van der Waals surface area contributed by atoms with E-state index in [1.807, 2.05) is 0 Å². The van der Waals surface area contributed by atoms with Gasteiger partial charge in [0.25, 0.3) is 6.71 Å². The molecule has 4 nitrogen and oxygen atoms in total. The van der Waals surface area contributed by atoms with Crippen molar-refractivity contribution in [1.29, 1.82) is 0 Å². The summed E-state index contributed by atoms with van der Waals surface area (Å²) in [7, 11) is 0. The first-order chi connectivity index (χ1) is 56.8. The second-order valence-electron chi connectivity index (χ2n) is 37.2. The summed E-state index contributed by atoms with van der Waals surface area (Å²) in [5, 5.41) is 3.38. The molecule has 0 atom stereocenters. The van der Waals surface area contributed by atoms with E-state index in [4.69, 9.17) is 0 Å². The molecule has 0 amide bonds. The minimum absolute atomic E-state index is 0.102. The summed E-state index contributed by atoms with van der Waals surface area (Å²) < 4.78 is 44.8. The molecule has 0 saturated heterocycles. The van der Waals surface area contributed by atoms with Crippen LogP contribution < -0.4 is 26.2 Å². The lowest BCUT2D eigenvalue weighted by atomic mass is 9.33. The molecule has 562 valence electrons. The monoisotopic (exact) mass is 1490 g/mol. The van der Waals surface area contributed by atoms with Gasteiger partial charge in [0.1, 0.15) is 0 Å². The van der Waals surface area contributed by atoms with Gasteiger partial charge in [0.05, 0.1) is 38.9 Å². The van der Waals surface area contributed by atoms with Gasteiger partial charge in [-0.3, -0.25) is 0 Å². The smallest absolute Gasteiger partial charge is 0.252 e. The average molecular weight is 1490 g/mol. The molecular formula is C110H99BN4. The first kappa shape index (κ1) is 68.2. The largest absolute Gasteiger partial charge is 0.311 e. The van der Waals surface area contributed by atoms with Crippen LogP contribution >= 0.6 is 0 Å². The Hall–Kier alpha value is -12.4. The maximum atomic E-state index is 10.5. The number of anilines is 6. The van der Waals surface area contributed by atoms with E-state index in [2.05, 4.69) is 426 Å². The summed E-state index contributed by atoms with van der Waals surface area (Å²) in [4.78, 5) is 5.18. The second-order valence-corrected chi connectivity index (χ2v) is 37.2. The van der Waals surface area contributed by atoms with Gasteiger partial charge in [-0.25, -0.2) is 0 Å². The van der Waals surface area contributed by atoms with Crippen molar-refractivity contribution in [3.63, 3.8) is 0 Å². The topological polar surface area (TPSA) is 16.3 Å². The number of benzene rings is 15. The highest BCUT2D eigenvalue weighted by Gasteiger charge is 2.46. The second kappa shape index (κ2) is 27.1. The quantitative estimate of drug-likeness (QED) is 0.127.